The van der Waals surface area contributed by atoms with Crippen molar-refractivity contribution < 1.29 is 38.2 Å². The zero-order chi connectivity index (χ0) is 75.7. The second-order valence-electron chi connectivity index (χ2n) is 32.9. The van der Waals surface area contributed by atoms with Gasteiger partial charge >= 0.3 is 0 Å². The zero-order valence-corrected chi connectivity index (χ0v) is 65.8. The third-order valence-corrected chi connectivity index (χ3v) is 24.6. The average molecular weight is 1440 g/mol. The Labute approximate surface area is 639 Å². The summed E-state index contributed by atoms with van der Waals surface area (Å²) in [5.74, 6) is 3.85. The summed E-state index contributed by atoms with van der Waals surface area (Å²) in [7, 11) is 0. The van der Waals surface area contributed by atoms with E-state index >= 15 is 0 Å². The number of benzene rings is 7. The number of hydrogen-bond donors (Lipinski definition) is 0. The predicted molar refractivity (Wildman–Crippen MR) is 435 cm³/mol. The molecular weight excluding hydrogens is 1320 g/mol. The average Bonchev–Trinajstić information content (AvgIpc) is 1.69. The van der Waals surface area contributed by atoms with E-state index in [1.807, 2.05) is 97.1 Å². The van der Waals surface area contributed by atoms with Gasteiger partial charge in [0.05, 0.1) is 33.6 Å². The van der Waals surface area contributed by atoms with Crippen LogP contribution in [0.1, 0.15) is 323 Å². The molecule has 0 radical (unpaired) electrons. The summed E-state index contributed by atoms with van der Waals surface area (Å²) >= 11 is 0. The summed E-state index contributed by atoms with van der Waals surface area (Å²) in [5.41, 5.74) is 7.62. The molecule has 3 heterocycles. The highest BCUT2D eigenvalue weighted by Gasteiger charge is 2.41. The van der Waals surface area contributed by atoms with Gasteiger partial charge in [0.25, 0.3) is 35.4 Å². The van der Waals surface area contributed by atoms with E-state index in [4.69, 9.17) is 9.47 Å². The van der Waals surface area contributed by atoms with Crippen LogP contribution in [0.4, 0.5) is 11.4 Å². The molecular formula is C96H119N3O8. The molecule has 0 N–H and O–H groups in total. The molecule has 0 saturated heterocycles. The number of fused-ring (bicyclic) bond motifs is 2. The second kappa shape index (κ2) is 36.9. The van der Waals surface area contributed by atoms with Crippen LogP contribution in [0.25, 0.3) is 0 Å². The molecule has 107 heavy (non-hydrogen) atoms. The molecule has 7 aromatic rings. The lowest BCUT2D eigenvalue weighted by Gasteiger charge is -2.44. The fourth-order valence-electron chi connectivity index (χ4n) is 17.6. The van der Waals surface area contributed by atoms with Crippen molar-refractivity contribution in [2.75, 3.05) is 16.3 Å². The van der Waals surface area contributed by atoms with E-state index in [-0.39, 0.29) is 34.6 Å². The maximum atomic E-state index is 14.1. The molecule has 0 aromatic heterocycles. The van der Waals surface area contributed by atoms with Crippen molar-refractivity contribution in [3.8, 4) is 23.0 Å². The Bertz CT molecular complexity index is 4170. The van der Waals surface area contributed by atoms with Crippen LogP contribution in [0.2, 0.25) is 0 Å². The van der Waals surface area contributed by atoms with Gasteiger partial charge in [-0.1, -0.05) is 289 Å². The summed E-state index contributed by atoms with van der Waals surface area (Å²) in [6.07, 6.45) is 41.8. The lowest BCUT2D eigenvalue weighted by molar-refractivity contribution is -0.120. The maximum absolute atomic E-state index is 14.1. The van der Waals surface area contributed by atoms with E-state index in [1.54, 1.807) is 36.4 Å². The number of hydrogen-bond acceptors (Lipinski definition) is 8. The Morgan fingerprint density at radius 3 is 1.00 bits per heavy atom. The van der Waals surface area contributed by atoms with Crippen molar-refractivity contribution >= 4 is 46.8 Å². The van der Waals surface area contributed by atoms with Crippen molar-refractivity contribution in [3.05, 3.63) is 226 Å². The lowest BCUT2D eigenvalue weighted by atomic mass is 9.61. The van der Waals surface area contributed by atoms with Crippen LogP contribution >= 0.6 is 0 Å². The number of unbranched alkanes of at least 4 members (excludes halogenated alkanes) is 19. The smallest absolute Gasteiger partial charge is 0.266 e. The van der Waals surface area contributed by atoms with Crippen LogP contribution in [0.3, 0.4) is 0 Å². The highest BCUT2D eigenvalue weighted by molar-refractivity contribution is 6.34. The van der Waals surface area contributed by atoms with Crippen LogP contribution < -0.4 is 19.3 Å². The van der Waals surface area contributed by atoms with Crippen LogP contribution in [0, 0.1) is 23.7 Å². The molecule has 1 saturated carbocycles. The molecule has 11 rings (SSSR count). The molecule has 566 valence electrons. The molecule has 4 aliphatic rings. The quantitative estimate of drug-likeness (QED) is 0.0274. The van der Waals surface area contributed by atoms with Gasteiger partial charge in [-0.2, -0.15) is 0 Å². The fraction of sp³-hybridized carbons (Fsp3) is 0.479. The Balaban J connectivity index is 0.622. The molecule has 3 aliphatic heterocycles. The van der Waals surface area contributed by atoms with Gasteiger partial charge in [-0.25, -0.2) is 9.80 Å². The number of ether oxygens (including phenoxy) is 2. The number of amides is 6. The first-order valence-corrected chi connectivity index (χ1v) is 41.2. The highest BCUT2D eigenvalue weighted by Crippen LogP contribution is 2.49. The molecule has 1 fully saturated rings. The van der Waals surface area contributed by atoms with Gasteiger partial charge in [0.2, 0.25) is 0 Å². The molecule has 4 atom stereocenters. The zero-order valence-electron chi connectivity index (χ0n) is 65.8. The predicted octanol–water partition coefficient (Wildman–Crippen LogP) is 24.9. The number of rotatable bonds is 41. The van der Waals surface area contributed by atoms with Crippen molar-refractivity contribution in [2.45, 2.75) is 265 Å². The Morgan fingerprint density at radius 2 is 0.598 bits per heavy atom. The number of imide groups is 3. The number of carbonyl (C=O) groups is 6. The van der Waals surface area contributed by atoms with Gasteiger partial charge in [-0.15, -0.1) is 0 Å². The maximum Gasteiger partial charge on any atom is 0.266 e. The summed E-state index contributed by atoms with van der Waals surface area (Å²) in [6, 6.07) is 49.7. The van der Waals surface area contributed by atoms with E-state index in [0.29, 0.717) is 57.6 Å². The Morgan fingerprint density at radius 1 is 0.308 bits per heavy atom. The highest BCUT2D eigenvalue weighted by atomic mass is 16.5. The van der Waals surface area contributed by atoms with E-state index in [0.717, 1.165) is 76.3 Å². The molecule has 11 heteroatoms. The number of anilines is 2. The third kappa shape index (κ3) is 19.1. The van der Waals surface area contributed by atoms with E-state index in [9.17, 15) is 28.8 Å². The summed E-state index contributed by atoms with van der Waals surface area (Å²) in [5, 5.41) is 0. The van der Waals surface area contributed by atoms with Gasteiger partial charge in [0, 0.05) is 34.9 Å². The second-order valence-corrected chi connectivity index (χ2v) is 32.9. The summed E-state index contributed by atoms with van der Waals surface area (Å²) in [6.45, 7) is 20.3. The van der Waals surface area contributed by atoms with Crippen LogP contribution in [-0.4, -0.2) is 46.9 Å². The third-order valence-electron chi connectivity index (χ3n) is 24.6. The van der Waals surface area contributed by atoms with Crippen molar-refractivity contribution in [1.82, 2.24) is 4.90 Å². The first-order valence-electron chi connectivity index (χ1n) is 41.2. The minimum atomic E-state index is -0.418. The van der Waals surface area contributed by atoms with E-state index < -0.39 is 22.6 Å². The SMILES string of the molecule is CCCCCCCCCC1C(CCCCCCCCN2C(=O)c3ccc(Oc4ccc(C(C)(C)c5ccc(Oc6ccc7c(c6)C(=O)N(c6ccc(C(C)(C)c8ccc(C(C)(C)c9ccc(N%10C(=O)C=CC%10=O)cc9)cc8)cc6)C7=O)cc5)cc4)cc3C2=O)CCC(CCCCCC)C1CCCCCCCC. The van der Waals surface area contributed by atoms with E-state index in [2.05, 4.69) is 86.6 Å². The lowest BCUT2D eigenvalue weighted by Crippen LogP contribution is -2.35. The first-order chi connectivity index (χ1) is 51.7. The molecule has 7 aromatic carbocycles. The molecule has 1 aliphatic carbocycles. The minimum absolute atomic E-state index is 0.217. The van der Waals surface area contributed by atoms with E-state index in [1.165, 1.54) is 194 Å². The summed E-state index contributed by atoms with van der Waals surface area (Å²) in [4.78, 5) is 83.8. The molecule has 4 unspecified atom stereocenters. The van der Waals surface area contributed by atoms with Crippen LogP contribution in [0.15, 0.2) is 170 Å². The molecule has 0 spiro atoms. The minimum Gasteiger partial charge on any atom is -0.457 e. The van der Waals surface area contributed by atoms with Gasteiger partial charge < -0.3 is 9.47 Å². The molecule has 11 nitrogen and oxygen atoms in total. The van der Waals surface area contributed by atoms with Crippen LogP contribution in [0.5, 0.6) is 23.0 Å². The van der Waals surface area contributed by atoms with Crippen molar-refractivity contribution in [1.29, 1.82) is 0 Å². The van der Waals surface area contributed by atoms with Gasteiger partial charge in [-0.05, 0) is 174 Å². The standard InChI is InChI=1S/C96H119N3O8/c1-10-13-16-19-21-26-31-36-83-69(38-37-68(33-28-18-15-12-3)82(83)35-30-25-20-17-14-11-2)34-29-24-22-23-27-32-65-97-90(102)84-61-59-80(66-86(84)91(97)103)106-78-55-47-74(48-56-78)96(8,9)75-49-57-79(58-50-75)107-81-60-62-85-87(67-81)93(105)99(92(85)104)77-53-45-73(46-54-77)95(6,7)71-41-39-70(40-42-71)94(4,5)72-43-51-76(52-44-72)98-88(100)63-64-89(98)101/h39-64,66-69,82-83H,10-38,65H2,1-9H3. The number of nitrogens with zero attached hydrogens (tertiary/aromatic N) is 3. The monoisotopic (exact) mass is 1440 g/mol. The normalized spacial score (nSPS) is 17.4. The van der Waals surface area contributed by atoms with Crippen molar-refractivity contribution in [3.63, 3.8) is 0 Å². The Hall–Kier alpha value is -8.70. The van der Waals surface area contributed by atoms with Gasteiger partial charge in [-0.3, -0.25) is 33.7 Å². The first kappa shape index (κ1) is 79.3. The Kier molecular flexibility index (Phi) is 27.4. The molecule has 0 bridgehead atoms. The number of carbonyl (C=O) groups excluding carboxylic acids is 6. The van der Waals surface area contributed by atoms with Crippen LogP contribution in [-0.2, 0) is 25.8 Å². The van der Waals surface area contributed by atoms with Crippen molar-refractivity contribution in [2.24, 2.45) is 23.7 Å². The molecule has 6 amide bonds. The fourth-order valence-corrected chi connectivity index (χ4v) is 17.6. The largest absolute Gasteiger partial charge is 0.457 e. The summed E-state index contributed by atoms with van der Waals surface area (Å²) < 4.78 is 12.7. The van der Waals surface area contributed by atoms with Gasteiger partial charge in [0.15, 0.2) is 0 Å². The van der Waals surface area contributed by atoms with Gasteiger partial charge in [0.1, 0.15) is 23.0 Å². The topological polar surface area (TPSA) is 131 Å².